The Hall–Kier alpha value is -2.62. The zero-order chi connectivity index (χ0) is 22.4. The molecule has 1 aliphatic heterocycles. The molecule has 0 spiro atoms. The lowest BCUT2D eigenvalue weighted by molar-refractivity contribution is 0.0507. The van der Waals surface area contributed by atoms with Gasteiger partial charge in [0.15, 0.2) is 0 Å². The SMILES string of the molecule is C=CCNS(=O)(=O)c1cc(C(=O)N(Cc2cccc(F)c2)CC2CCCO2)ccc1F. The van der Waals surface area contributed by atoms with Gasteiger partial charge in [-0.15, -0.1) is 6.58 Å². The van der Waals surface area contributed by atoms with Crippen molar-refractivity contribution in [2.75, 3.05) is 19.7 Å². The van der Waals surface area contributed by atoms with Crippen molar-refractivity contribution in [2.45, 2.75) is 30.4 Å². The van der Waals surface area contributed by atoms with Crippen molar-refractivity contribution >= 4 is 15.9 Å². The number of ether oxygens (including phenoxy) is 1. The minimum absolute atomic E-state index is 0.00905. The van der Waals surface area contributed by atoms with Crippen LogP contribution in [0.25, 0.3) is 0 Å². The first kappa shape index (κ1) is 23.1. The first-order valence-electron chi connectivity index (χ1n) is 9.85. The molecule has 31 heavy (non-hydrogen) atoms. The Kier molecular flexibility index (Phi) is 7.53. The Labute approximate surface area is 180 Å². The monoisotopic (exact) mass is 450 g/mol. The van der Waals surface area contributed by atoms with E-state index in [-0.39, 0.29) is 31.3 Å². The molecule has 1 aliphatic rings. The molecule has 0 aromatic heterocycles. The second-order valence-corrected chi connectivity index (χ2v) is 8.97. The Morgan fingerprint density at radius 3 is 2.74 bits per heavy atom. The molecule has 0 radical (unpaired) electrons. The van der Waals surface area contributed by atoms with E-state index in [1.54, 1.807) is 12.1 Å². The molecule has 0 bridgehead atoms. The van der Waals surface area contributed by atoms with E-state index < -0.39 is 32.5 Å². The molecule has 6 nitrogen and oxygen atoms in total. The Morgan fingerprint density at radius 1 is 1.26 bits per heavy atom. The van der Waals surface area contributed by atoms with Crippen LogP contribution in [0.4, 0.5) is 8.78 Å². The summed E-state index contributed by atoms with van der Waals surface area (Å²) in [5.74, 6) is -1.89. The van der Waals surface area contributed by atoms with Crippen LogP contribution in [0.3, 0.4) is 0 Å². The quantitative estimate of drug-likeness (QED) is 0.595. The molecule has 1 N–H and O–H groups in total. The van der Waals surface area contributed by atoms with Gasteiger partial charge in [-0.1, -0.05) is 18.2 Å². The van der Waals surface area contributed by atoms with E-state index in [0.717, 1.165) is 25.0 Å². The average molecular weight is 451 g/mol. The van der Waals surface area contributed by atoms with Crippen LogP contribution in [0.15, 0.2) is 60.0 Å². The fraction of sp³-hybridized carbons (Fsp3) is 0.318. The molecule has 2 aromatic rings. The number of hydrogen-bond donors (Lipinski definition) is 1. The molecular weight excluding hydrogens is 426 g/mol. The maximum absolute atomic E-state index is 14.2. The summed E-state index contributed by atoms with van der Waals surface area (Å²) in [6.07, 6.45) is 2.81. The van der Waals surface area contributed by atoms with Gasteiger partial charge in [-0.2, -0.15) is 0 Å². The van der Waals surface area contributed by atoms with Crippen LogP contribution in [-0.4, -0.2) is 45.0 Å². The number of carbonyl (C=O) groups excluding carboxylic acids is 1. The van der Waals surface area contributed by atoms with E-state index in [1.807, 2.05) is 0 Å². The van der Waals surface area contributed by atoms with E-state index in [0.29, 0.717) is 12.2 Å². The van der Waals surface area contributed by atoms with Crippen molar-refractivity contribution in [2.24, 2.45) is 0 Å². The summed E-state index contributed by atoms with van der Waals surface area (Å²) >= 11 is 0. The maximum atomic E-state index is 14.2. The highest BCUT2D eigenvalue weighted by molar-refractivity contribution is 7.89. The fourth-order valence-electron chi connectivity index (χ4n) is 3.38. The lowest BCUT2D eigenvalue weighted by Crippen LogP contribution is -2.37. The summed E-state index contributed by atoms with van der Waals surface area (Å²) in [4.78, 5) is 14.1. The molecular formula is C22H24F2N2O4S. The summed E-state index contributed by atoms with van der Waals surface area (Å²) in [5, 5.41) is 0. The topological polar surface area (TPSA) is 75.7 Å². The summed E-state index contributed by atoms with van der Waals surface area (Å²) in [6.45, 7) is 4.30. The third-order valence-electron chi connectivity index (χ3n) is 4.88. The number of rotatable bonds is 9. The van der Waals surface area contributed by atoms with Gasteiger partial charge in [0.2, 0.25) is 10.0 Å². The predicted octanol–water partition coefficient (Wildman–Crippen LogP) is 3.25. The minimum Gasteiger partial charge on any atom is -0.376 e. The first-order chi connectivity index (χ1) is 14.8. The number of halogens is 2. The highest BCUT2D eigenvalue weighted by Gasteiger charge is 2.26. The lowest BCUT2D eigenvalue weighted by Gasteiger charge is -2.26. The summed E-state index contributed by atoms with van der Waals surface area (Å²) in [5.41, 5.74) is 0.587. The highest BCUT2D eigenvalue weighted by atomic mass is 32.2. The van der Waals surface area contributed by atoms with Crippen molar-refractivity contribution in [1.29, 1.82) is 0 Å². The molecule has 1 saturated heterocycles. The molecule has 9 heteroatoms. The molecule has 0 saturated carbocycles. The zero-order valence-electron chi connectivity index (χ0n) is 16.9. The predicted molar refractivity (Wildman–Crippen MR) is 112 cm³/mol. The molecule has 166 valence electrons. The van der Waals surface area contributed by atoms with Crippen LogP contribution in [0.5, 0.6) is 0 Å². The second kappa shape index (κ2) is 10.1. The van der Waals surface area contributed by atoms with E-state index in [2.05, 4.69) is 11.3 Å². The van der Waals surface area contributed by atoms with Crippen LogP contribution in [0.1, 0.15) is 28.8 Å². The summed E-state index contributed by atoms with van der Waals surface area (Å²) < 4.78 is 60.4. The average Bonchev–Trinajstić information content (AvgIpc) is 3.25. The maximum Gasteiger partial charge on any atom is 0.254 e. The van der Waals surface area contributed by atoms with Crippen LogP contribution >= 0.6 is 0 Å². The number of sulfonamides is 1. The molecule has 0 aliphatic carbocycles. The number of hydrogen-bond acceptors (Lipinski definition) is 4. The van der Waals surface area contributed by atoms with Crippen molar-refractivity contribution in [1.82, 2.24) is 9.62 Å². The molecule has 1 atom stereocenters. The van der Waals surface area contributed by atoms with Gasteiger partial charge in [0.1, 0.15) is 16.5 Å². The van der Waals surface area contributed by atoms with Gasteiger partial charge in [-0.3, -0.25) is 4.79 Å². The van der Waals surface area contributed by atoms with Crippen LogP contribution < -0.4 is 4.72 Å². The van der Waals surface area contributed by atoms with Crippen molar-refractivity contribution in [3.63, 3.8) is 0 Å². The van der Waals surface area contributed by atoms with Gasteiger partial charge in [-0.05, 0) is 48.7 Å². The molecule has 1 amide bonds. The van der Waals surface area contributed by atoms with Crippen LogP contribution in [0, 0.1) is 11.6 Å². The standard InChI is InChI=1S/C22H24F2N2O4S/c1-2-10-25-31(28,29)21-13-17(8-9-20(21)24)22(27)26(15-19-7-4-11-30-19)14-16-5-3-6-18(23)12-16/h2-3,5-6,8-9,12-13,19,25H,1,4,7,10-11,14-15H2. The number of nitrogens with one attached hydrogen (secondary N) is 1. The Bertz CT molecular complexity index is 1050. The first-order valence-corrected chi connectivity index (χ1v) is 11.3. The molecule has 1 heterocycles. The van der Waals surface area contributed by atoms with E-state index in [1.165, 1.54) is 29.2 Å². The second-order valence-electron chi connectivity index (χ2n) is 7.24. The number of benzene rings is 2. The van der Waals surface area contributed by atoms with Gasteiger partial charge in [0.05, 0.1) is 6.10 Å². The number of amides is 1. The normalized spacial score (nSPS) is 16.3. The van der Waals surface area contributed by atoms with E-state index in [4.69, 9.17) is 4.74 Å². The van der Waals surface area contributed by atoms with Gasteiger partial charge in [0.25, 0.3) is 5.91 Å². The zero-order valence-corrected chi connectivity index (χ0v) is 17.7. The summed E-state index contributed by atoms with van der Waals surface area (Å²) in [6, 6.07) is 9.07. The van der Waals surface area contributed by atoms with E-state index >= 15 is 0 Å². The fourth-order valence-corrected chi connectivity index (χ4v) is 4.48. The van der Waals surface area contributed by atoms with Crippen molar-refractivity contribution < 1.29 is 26.7 Å². The molecule has 1 fully saturated rings. The molecule has 3 rings (SSSR count). The van der Waals surface area contributed by atoms with Crippen molar-refractivity contribution in [3.8, 4) is 0 Å². The van der Waals surface area contributed by atoms with Crippen LogP contribution in [-0.2, 0) is 21.3 Å². The van der Waals surface area contributed by atoms with Crippen molar-refractivity contribution in [3.05, 3.63) is 77.9 Å². The minimum atomic E-state index is -4.16. The Balaban J connectivity index is 1.90. The highest BCUT2D eigenvalue weighted by Crippen LogP contribution is 2.21. The Morgan fingerprint density at radius 2 is 2.06 bits per heavy atom. The smallest absolute Gasteiger partial charge is 0.254 e. The van der Waals surface area contributed by atoms with Gasteiger partial charge < -0.3 is 9.64 Å². The van der Waals surface area contributed by atoms with Gasteiger partial charge in [-0.25, -0.2) is 21.9 Å². The van der Waals surface area contributed by atoms with Crippen LogP contribution in [0.2, 0.25) is 0 Å². The van der Waals surface area contributed by atoms with Gasteiger partial charge in [0, 0.05) is 31.8 Å². The lowest BCUT2D eigenvalue weighted by atomic mass is 10.1. The third-order valence-corrected chi connectivity index (χ3v) is 6.32. The van der Waals surface area contributed by atoms with E-state index in [9.17, 15) is 22.0 Å². The molecule has 1 unspecified atom stereocenters. The van der Waals surface area contributed by atoms with Gasteiger partial charge >= 0.3 is 0 Å². The third kappa shape index (κ3) is 5.96. The summed E-state index contributed by atoms with van der Waals surface area (Å²) in [7, 11) is -4.16. The number of nitrogens with zero attached hydrogens (tertiary/aromatic N) is 1. The number of carbonyl (C=O) groups is 1. The molecule has 2 aromatic carbocycles. The largest absolute Gasteiger partial charge is 0.376 e.